The van der Waals surface area contributed by atoms with E-state index in [1.807, 2.05) is 26.8 Å². The van der Waals surface area contributed by atoms with Gasteiger partial charge in [0.25, 0.3) is 0 Å². The van der Waals surface area contributed by atoms with Crippen molar-refractivity contribution in [2.45, 2.75) is 58.2 Å². The second kappa shape index (κ2) is 5.35. The molecule has 19 heavy (non-hydrogen) atoms. The summed E-state index contributed by atoms with van der Waals surface area (Å²) >= 11 is 0. The minimum atomic E-state index is -0.350. The smallest absolute Gasteiger partial charge is 0.246 e. The molecule has 0 radical (unpaired) electrons. The fraction of sp³-hybridized carbons (Fsp3) is 0.733. The van der Waals surface area contributed by atoms with Crippen LogP contribution in [0.25, 0.3) is 0 Å². The highest BCUT2D eigenvalue weighted by Crippen LogP contribution is 2.36. The monoisotopic (exact) mass is 264 g/mol. The number of rotatable bonds is 5. The maximum Gasteiger partial charge on any atom is 0.246 e. The molecule has 1 saturated heterocycles. The highest BCUT2D eigenvalue weighted by Gasteiger charge is 2.48. The molecule has 2 amide bonds. The lowest BCUT2D eigenvalue weighted by Crippen LogP contribution is -2.67. The van der Waals surface area contributed by atoms with Gasteiger partial charge < -0.3 is 10.2 Å². The summed E-state index contributed by atoms with van der Waals surface area (Å²) in [6.45, 7) is 9.71. The molecule has 0 aromatic rings. The van der Waals surface area contributed by atoms with Crippen molar-refractivity contribution in [2.75, 3.05) is 0 Å². The van der Waals surface area contributed by atoms with Crippen LogP contribution in [0.4, 0.5) is 0 Å². The number of hydrogen-bond acceptors (Lipinski definition) is 2. The molecule has 0 spiro atoms. The van der Waals surface area contributed by atoms with Crippen LogP contribution >= 0.6 is 0 Å². The SMILES string of the molecule is C=CCC(C)N1C(=O)C(C2CC2)NC(=O)C1C(C)C. The van der Waals surface area contributed by atoms with Crippen LogP contribution in [-0.2, 0) is 9.59 Å². The first-order valence-corrected chi connectivity index (χ1v) is 7.20. The molecule has 2 aliphatic rings. The number of piperazine rings is 1. The number of carbonyl (C=O) groups excluding carboxylic acids is 2. The van der Waals surface area contributed by atoms with Crippen molar-refractivity contribution in [1.29, 1.82) is 0 Å². The number of hydrogen-bond donors (Lipinski definition) is 1. The largest absolute Gasteiger partial charge is 0.342 e. The lowest BCUT2D eigenvalue weighted by atomic mass is 9.93. The van der Waals surface area contributed by atoms with Gasteiger partial charge in [-0.25, -0.2) is 0 Å². The molecule has 3 atom stereocenters. The highest BCUT2D eigenvalue weighted by atomic mass is 16.2. The van der Waals surface area contributed by atoms with E-state index in [1.54, 1.807) is 4.90 Å². The highest BCUT2D eigenvalue weighted by molar-refractivity contribution is 5.97. The second-order valence-corrected chi connectivity index (χ2v) is 6.13. The van der Waals surface area contributed by atoms with Gasteiger partial charge in [0.1, 0.15) is 12.1 Å². The molecule has 4 heteroatoms. The first-order valence-electron chi connectivity index (χ1n) is 7.20. The van der Waals surface area contributed by atoms with E-state index in [9.17, 15) is 9.59 Å². The number of carbonyl (C=O) groups is 2. The van der Waals surface area contributed by atoms with E-state index in [2.05, 4.69) is 11.9 Å². The van der Waals surface area contributed by atoms with Crippen molar-refractivity contribution in [3.63, 3.8) is 0 Å². The molecule has 2 fully saturated rings. The average Bonchev–Trinajstić information content (AvgIpc) is 3.14. The van der Waals surface area contributed by atoms with Gasteiger partial charge in [-0.1, -0.05) is 19.9 Å². The Morgan fingerprint density at radius 1 is 1.37 bits per heavy atom. The van der Waals surface area contributed by atoms with E-state index in [-0.39, 0.29) is 35.9 Å². The van der Waals surface area contributed by atoms with Crippen LogP contribution < -0.4 is 5.32 Å². The van der Waals surface area contributed by atoms with E-state index >= 15 is 0 Å². The summed E-state index contributed by atoms with van der Waals surface area (Å²) in [5.74, 6) is 0.567. The summed E-state index contributed by atoms with van der Waals surface area (Å²) < 4.78 is 0. The van der Waals surface area contributed by atoms with Gasteiger partial charge in [0.2, 0.25) is 11.8 Å². The Labute approximate surface area is 115 Å². The van der Waals surface area contributed by atoms with E-state index in [0.717, 1.165) is 19.3 Å². The Balaban J connectivity index is 2.25. The first-order chi connectivity index (χ1) is 8.97. The van der Waals surface area contributed by atoms with Gasteiger partial charge in [0.15, 0.2) is 0 Å². The van der Waals surface area contributed by atoms with Crippen LogP contribution in [-0.4, -0.2) is 34.8 Å². The van der Waals surface area contributed by atoms with Gasteiger partial charge in [-0.05, 0) is 38.0 Å². The minimum Gasteiger partial charge on any atom is -0.342 e. The van der Waals surface area contributed by atoms with Crippen molar-refractivity contribution >= 4 is 11.8 Å². The molecular weight excluding hydrogens is 240 g/mol. The minimum absolute atomic E-state index is 0.00223. The second-order valence-electron chi connectivity index (χ2n) is 6.13. The van der Waals surface area contributed by atoms with Crippen LogP contribution in [0.2, 0.25) is 0 Å². The van der Waals surface area contributed by atoms with Gasteiger partial charge in [0, 0.05) is 6.04 Å². The Morgan fingerprint density at radius 3 is 2.47 bits per heavy atom. The molecule has 1 aliphatic carbocycles. The van der Waals surface area contributed by atoms with Gasteiger partial charge in [0.05, 0.1) is 0 Å². The molecule has 1 aliphatic heterocycles. The number of nitrogens with zero attached hydrogens (tertiary/aromatic N) is 1. The molecule has 0 bridgehead atoms. The predicted molar refractivity (Wildman–Crippen MR) is 74.4 cm³/mol. The van der Waals surface area contributed by atoms with Crippen LogP contribution in [0.5, 0.6) is 0 Å². The van der Waals surface area contributed by atoms with Gasteiger partial charge in [-0.2, -0.15) is 0 Å². The maximum atomic E-state index is 12.7. The van der Waals surface area contributed by atoms with Crippen molar-refractivity contribution in [1.82, 2.24) is 10.2 Å². The van der Waals surface area contributed by atoms with Gasteiger partial charge in [-0.3, -0.25) is 9.59 Å². The van der Waals surface area contributed by atoms with Crippen molar-refractivity contribution in [2.24, 2.45) is 11.8 Å². The molecule has 4 nitrogen and oxygen atoms in total. The number of nitrogens with one attached hydrogen (secondary N) is 1. The molecule has 3 unspecified atom stereocenters. The van der Waals surface area contributed by atoms with Crippen LogP contribution in [0.3, 0.4) is 0 Å². The van der Waals surface area contributed by atoms with E-state index < -0.39 is 0 Å². The van der Waals surface area contributed by atoms with E-state index in [0.29, 0.717) is 5.92 Å². The third-order valence-electron chi connectivity index (χ3n) is 4.09. The molecule has 2 rings (SSSR count). The number of amides is 2. The van der Waals surface area contributed by atoms with Crippen molar-refractivity contribution in [3.05, 3.63) is 12.7 Å². The third kappa shape index (κ3) is 2.67. The summed E-state index contributed by atoms with van der Waals surface area (Å²) in [6, 6.07) is -0.614. The van der Waals surface area contributed by atoms with E-state index in [1.165, 1.54) is 0 Å². The zero-order valence-corrected chi connectivity index (χ0v) is 12.1. The topological polar surface area (TPSA) is 49.4 Å². The van der Waals surface area contributed by atoms with Crippen LogP contribution in [0.1, 0.15) is 40.0 Å². The fourth-order valence-electron chi connectivity index (χ4n) is 2.94. The van der Waals surface area contributed by atoms with Crippen molar-refractivity contribution in [3.8, 4) is 0 Å². The van der Waals surface area contributed by atoms with Crippen LogP contribution in [0, 0.1) is 11.8 Å². The molecule has 0 aromatic heterocycles. The predicted octanol–water partition coefficient (Wildman–Crippen LogP) is 1.71. The molecular formula is C15H24N2O2. The Morgan fingerprint density at radius 2 is 2.00 bits per heavy atom. The normalized spacial score (nSPS) is 29.4. The zero-order valence-electron chi connectivity index (χ0n) is 12.1. The summed E-state index contributed by atoms with van der Waals surface area (Å²) in [6.07, 6.45) is 4.63. The van der Waals surface area contributed by atoms with Crippen molar-refractivity contribution < 1.29 is 9.59 Å². The lowest BCUT2D eigenvalue weighted by molar-refractivity contribution is -0.154. The first kappa shape index (κ1) is 14.1. The Hall–Kier alpha value is -1.32. The fourth-order valence-corrected chi connectivity index (χ4v) is 2.94. The average molecular weight is 264 g/mol. The quantitative estimate of drug-likeness (QED) is 0.769. The Bertz CT molecular complexity index is 388. The molecule has 0 aromatic carbocycles. The molecule has 106 valence electrons. The third-order valence-corrected chi connectivity index (χ3v) is 4.09. The molecule has 1 heterocycles. The maximum absolute atomic E-state index is 12.7. The summed E-state index contributed by atoms with van der Waals surface area (Å²) in [5, 5.41) is 2.93. The van der Waals surface area contributed by atoms with Gasteiger partial charge in [-0.15, -0.1) is 6.58 Å². The Kier molecular flexibility index (Phi) is 3.97. The van der Waals surface area contributed by atoms with Gasteiger partial charge >= 0.3 is 0 Å². The van der Waals surface area contributed by atoms with Crippen LogP contribution in [0.15, 0.2) is 12.7 Å². The standard InChI is InChI=1S/C15H24N2O2/c1-5-6-10(4)17-13(9(2)3)14(18)16-12(15(17)19)11-7-8-11/h5,9-13H,1,6-8H2,2-4H3,(H,16,18). The summed E-state index contributed by atoms with van der Waals surface area (Å²) in [7, 11) is 0. The lowest BCUT2D eigenvalue weighted by Gasteiger charge is -2.44. The molecule has 1 N–H and O–H groups in total. The molecule has 1 saturated carbocycles. The van der Waals surface area contributed by atoms with E-state index in [4.69, 9.17) is 0 Å². The zero-order chi connectivity index (χ0) is 14.2. The summed E-state index contributed by atoms with van der Waals surface area (Å²) in [4.78, 5) is 26.8. The summed E-state index contributed by atoms with van der Waals surface area (Å²) in [5.41, 5.74) is 0.